The molecule has 0 bridgehead atoms. The van der Waals surface area contributed by atoms with Crippen LogP contribution in [0, 0.1) is 11.3 Å². The number of ether oxygens (including phenoxy) is 1. The lowest BCUT2D eigenvalue weighted by Gasteiger charge is -2.33. The highest BCUT2D eigenvalue weighted by atomic mass is 16.5. The van der Waals surface area contributed by atoms with Gasteiger partial charge in [-0.1, -0.05) is 13.8 Å². The van der Waals surface area contributed by atoms with Gasteiger partial charge in [0.15, 0.2) is 0 Å². The van der Waals surface area contributed by atoms with Gasteiger partial charge in [0.25, 0.3) is 0 Å². The molecule has 0 aromatic carbocycles. The molecule has 1 heterocycles. The van der Waals surface area contributed by atoms with Gasteiger partial charge < -0.3 is 19.9 Å². The van der Waals surface area contributed by atoms with Crippen LogP contribution in [0.1, 0.15) is 26.7 Å². The van der Waals surface area contributed by atoms with Crippen molar-refractivity contribution in [2.75, 3.05) is 67.1 Å². The number of rotatable bonds is 10. The molecule has 4 nitrogen and oxygen atoms in total. The van der Waals surface area contributed by atoms with Crippen molar-refractivity contribution in [2.24, 2.45) is 11.3 Å². The van der Waals surface area contributed by atoms with E-state index in [1.54, 1.807) is 0 Å². The molecule has 0 spiro atoms. The van der Waals surface area contributed by atoms with Crippen LogP contribution in [0.15, 0.2) is 0 Å². The Bertz CT molecular complexity index is 250. The second kappa shape index (κ2) is 8.98. The first-order valence-corrected chi connectivity index (χ1v) is 8.05. The maximum Gasteiger partial charge on any atom is 0.0547 e. The van der Waals surface area contributed by atoms with Crippen LogP contribution in [0.25, 0.3) is 0 Å². The quantitative estimate of drug-likeness (QED) is 0.659. The van der Waals surface area contributed by atoms with Crippen LogP contribution in [-0.2, 0) is 4.74 Å². The highest BCUT2D eigenvalue weighted by molar-refractivity contribution is 4.88. The molecule has 20 heavy (non-hydrogen) atoms. The van der Waals surface area contributed by atoms with Gasteiger partial charge in [0.1, 0.15) is 0 Å². The van der Waals surface area contributed by atoms with E-state index in [4.69, 9.17) is 4.74 Å². The monoisotopic (exact) mass is 285 g/mol. The van der Waals surface area contributed by atoms with Gasteiger partial charge in [0, 0.05) is 25.1 Å². The topological polar surface area (TPSA) is 27.7 Å². The second-order valence-corrected chi connectivity index (χ2v) is 7.22. The van der Waals surface area contributed by atoms with Crippen LogP contribution in [0.4, 0.5) is 0 Å². The molecule has 1 unspecified atom stereocenters. The molecule has 1 aliphatic heterocycles. The van der Waals surface area contributed by atoms with Gasteiger partial charge >= 0.3 is 0 Å². The normalized spacial score (nSPS) is 23.4. The summed E-state index contributed by atoms with van der Waals surface area (Å²) in [4.78, 5) is 4.74. The van der Waals surface area contributed by atoms with Gasteiger partial charge in [-0.3, -0.25) is 0 Å². The second-order valence-electron chi connectivity index (χ2n) is 7.22. The van der Waals surface area contributed by atoms with E-state index in [0.717, 1.165) is 32.8 Å². The molecular formula is C16H35N3O. The zero-order chi connectivity index (χ0) is 15.0. The van der Waals surface area contributed by atoms with Crippen LogP contribution in [0.2, 0.25) is 0 Å². The molecule has 0 aromatic rings. The minimum Gasteiger partial charge on any atom is -0.381 e. The molecular weight excluding hydrogens is 250 g/mol. The van der Waals surface area contributed by atoms with E-state index in [2.05, 4.69) is 50.1 Å². The molecule has 1 fully saturated rings. The summed E-state index contributed by atoms with van der Waals surface area (Å²) in [5.41, 5.74) is 0.321. The zero-order valence-electron chi connectivity index (χ0n) is 14.2. The predicted molar refractivity (Wildman–Crippen MR) is 86.2 cm³/mol. The van der Waals surface area contributed by atoms with Crippen molar-refractivity contribution in [3.05, 3.63) is 0 Å². The molecule has 0 amide bonds. The van der Waals surface area contributed by atoms with E-state index in [1.165, 1.54) is 25.9 Å². The summed E-state index contributed by atoms with van der Waals surface area (Å²) in [7, 11) is 6.53. The van der Waals surface area contributed by atoms with Crippen molar-refractivity contribution in [1.82, 2.24) is 15.1 Å². The van der Waals surface area contributed by atoms with Gasteiger partial charge in [-0.2, -0.15) is 0 Å². The summed E-state index contributed by atoms with van der Waals surface area (Å²) in [6.45, 7) is 12.0. The zero-order valence-corrected chi connectivity index (χ0v) is 14.2. The van der Waals surface area contributed by atoms with Crippen LogP contribution in [0.3, 0.4) is 0 Å². The van der Waals surface area contributed by atoms with Gasteiger partial charge in [-0.25, -0.2) is 0 Å². The van der Waals surface area contributed by atoms with Crippen LogP contribution in [0.5, 0.6) is 0 Å². The van der Waals surface area contributed by atoms with Crippen molar-refractivity contribution in [3.63, 3.8) is 0 Å². The molecule has 0 aromatic heterocycles. The predicted octanol–water partition coefficient (Wildman–Crippen LogP) is 1.52. The molecule has 120 valence electrons. The van der Waals surface area contributed by atoms with E-state index in [1.807, 2.05) is 0 Å². The Hall–Kier alpha value is -0.160. The van der Waals surface area contributed by atoms with E-state index in [0.29, 0.717) is 11.3 Å². The van der Waals surface area contributed by atoms with E-state index in [9.17, 15) is 0 Å². The summed E-state index contributed by atoms with van der Waals surface area (Å²) in [6, 6.07) is 0. The van der Waals surface area contributed by atoms with Crippen LogP contribution >= 0.6 is 0 Å². The molecule has 1 atom stereocenters. The molecule has 1 rings (SSSR count). The summed E-state index contributed by atoms with van der Waals surface area (Å²) in [5.74, 6) is 0.715. The van der Waals surface area contributed by atoms with E-state index >= 15 is 0 Å². The van der Waals surface area contributed by atoms with Crippen molar-refractivity contribution in [3.8, 4) is 0 Å². The van der Waals surface area contributed by atoms with Crippen molar-refractivity contribution in [2.45, 2.75) is 26.7 Å². The lowest BCUT2D eigenvalue weighted by atomic mass is 9.86. The molecule has 0 radical (unpaired) electrons. The van der Waals surface area contributed by atoms with E-state index in [-0.39, 0.29) is 0 Å². The van der Waals surface area contributed by atoms with Crippen molar-refractivity contribution < 1.29 is 4.74 Å². The smallest absolute Gasteiger partial charge is 0.0547 e. The fraction of sp³-hybridized carbons (Fsp3) is 1.00. The Kier molecular flexibility index (Phi) is 8.03. The minimum absolute atomic E-state index is 0.321. The Morgan fingerprint density at radius 3 is 2.50 bits per heavy atom. The lowest BCUT2D eigenvalue weighted by Crippen LogP contribution is -2.44. The number of hydrogen-bond acceptors (Lipinski definition) is 4. The highest BCUT2D eigenvalue weighted by Gasteiger charge is 2.35. The third-order valence-electron chi connectivity index (χ3n) is 3.99. The fourth-order valence-corrected chi connectivity index (χ4v) is 2.90. The first-order valence-electron chi connectivity index (χ1n) is 8.05. The minimum atomic E-state index is 0.321. The fourth-order valence-electron chi connectivity index (χ4n) is 2.90. The third-order valence-corrected chi connectivity index (χ3v) is 3.99. The van der Waals surface area contributed by atoms with Gasteiger partial charge in [-0.15, -0.1) is 0 Å². The molecule has 0 saturated carbocycles. The van der Waals surface area contributed by atoms with Gasteiger partial charge in [-0.05, 0) is 59.5 Å². The van der Waals surface area contributed by atoms with Gasteiger partial charge in [0.05, 0.1) is 6.61 Å². The molecule has 4 heteroatoms. The van der Waals surface area contributed by atoms with Gasteiger partial charge in [0.2, 0.25) is 0 Å². The Morgan fingerprint density at radius 2 is 1.95 bits per heavy atom. The first-order chi connectivity index (χ1) is 9.43. The highest BCUT2D eigenvalue weighted by Crippen LogP contribution is 2.28. The maximum absolute atomic E-state index is 5.69. The van der Waals surface area contributed by atoms with Crippen molar-refractivity contribution in [1.29, 1.82) is 0 Å². The number of hydrogen-bond donors (Lipinski definition) is 1. The summed E-state index contributed by atoms with van der Waals surface area (Å²) < 4.78 is 5.69. The van der Waals surface area contributed by atoms with Crippen LogP contribution < -0.4 is 5.32 Å². The third kappa shape index (κ3) is 7.02. The maximum atomic E-state index is 5.69. The standard InChI is InChI=1S/C16H35N3O/c1-15(2)11-17-12-16(7-10-20-14-16)13-19(5)9-6-8-18(3)4/h15,17H,6-14H2,1-5H3. The lowest BCUT2D eigenvalue weighted by molar-refractivity contribution is 0.117. The summed E-state index contributed by atoms with van der Waals surface area (Å²) >= 11 is 0. The molecule has 1 aliphatic rings. The molecule has 1 saturated heterocycles. The molecule has 1 N–H and O–H groups in total. The first kappa shape index (κ1) is 17.9. The van der Waals surface area contributed by atoms with Crippen LogP contribution in [-0.4, -0.2) is 76.9 Å². The summed E-state index contributed by atoms with van der Waals surface area (Å²) in [6.07, 6.45) is 2.43. The largest absolute Gasteiger partial charge is 0.381 e. The summed E-state index contributed by atoms with van der Waals surface area (Å²) in [5, 5.41) is 3.63. The average Bonchev–Trinajstić information content (AvgIpc) is 2.76. The SMILES string of the molecule is CC(C)CNCC1(CN(C)CCCN(C)C)CCOC1. The molecule has 0 aliphatic carbocycles. The Labute approximate surface area is 125 Å². The number of nitrogens with one attached hydrogen (secondary N) is 1. The average molecular weight is 285 g/mol. The van der Waals surface area contributed by atoms with E-state index < -0.39 is 0 Å². The Balaban J connectivity index is 2.33. The number of nitrogens with zero attached hydrogens (tertiary/aromatic N) is 2. The van der Waals surface area contributed by atoms with Crippen molar-refractivity contribution >= 4 is 0 Å². The Morgan fingerprint density at radius 1 is 1.20 bits per heavy atom.